The molecular formula is C25H28N2O4. The number of ether oxygens (including phenoxy) is 1. The van der Waals surface area contributed by atoms with Crippen LogP contribution in [0.25, 0.3) is 10.8 Å². The van der Waals surface area contributed by atoms with Crippen LogP contribution in [0.5, 0.6) is 5.75 Å². The van der Waals surface area contributed by atoms with Gasteiger partial charge in [-0.05, 0) is 55.3 Å². The molecule has 6 nitrogen and oxygen atoms in total. The molecule has 162 valence electrons. The maximum Gasteiger partial charge on any atom is 0.335 e. The van der Waals surface area contributed by atoms with E-state index < -0.39 is 5.97 Å². The van der Waals surface area contributed by atoms with E-state index >= 15 is 0 Å². The highest BCUT2D eigenvalue weighted by Gasteiger charge is 2.15. The minimum absolute atomic E-state index is 0.0563. The molecule has 0 aliphatic heterocycles. The first kappa shape index (κ1) is 22.3. The van der Waals surface area contributed by atoms with Crippen LogP contribution in [0.2, 0.25) is 0 Å². The average molecular weight is 421 g/mol. The van der Waals surface area contributed by atoms with Gasteiger partial charge in [0.1, 0.15) is 5.75 Å². The summed E-state index contributed by atoms with van der Waals surface area (Å²) in [6.45, 7) is 6.85. The number of nitrogens with one attached hydrogen (secondary N) is 2. The first-order valence-corrected chi connectivity index (χ1v) is 10.2. The summed E-state index contributed by atoms with van der Waals surface area (Å²) in [5, 5.41) is 17.5. The van der Waals surface area contributed by atoms with Crippen molar-refractivity contribution in [2.45, 2.75) is 39.4 Å². The first-order valence-electron chi connectivity index (χ1n) is 10.2. The molecule has 0 spiro atoms. The van der Waals surface area contributed by atoms with Gasteiger partial charge < -0.3 is 20.5 Å². The minimum Gasteiger partial charge on any atom is -0.483 e. The van der Waals surface area contributed by atoms with Crippen molar-refractivity contribution in [1.29, 1.82) is 0 Å². The molecule has 3 N–H and O–H groups in total. The van der Waals surface area contributed by atoms with E-state index in [0.717, 1.165) is 21.9 Å². The van der Waals surface area contributed by atoms with E-state index in [4.69, 9.17) is 9.84 Å². The van der Waals surface area contributed by atoms with Gasteiger partial charge in [-0.2, -0.15) is 0 Å². The summed E-state index contributed by atoms with van der Waals surface area (Å²) in [7, 11) is 0. The summed E-state index contributed by atoms with van der Waals surface area (Å²) in [5.41, 5.74) is 1.91. The van der Waals surface area contributed by atoms with Gasteiger partial charge in [-0.15, -0.1) is 0 Å². The second-order valence-corrected chi connectivity index (χ2v) is 8.46. The molecule has 0 aromatic heterocycles. The summed E-state index contributed by atoms with van der Waals surface area (Å²) in [4.78, 5) is 23.2. The zero-order chi connectivity index (χ0) is 22.4. The lowest BCUT2D eigenvalue weighted by Gasteiger charge is -2.21. The maximum atomic E-state index is 12.2. The molecule has 31 heavy (non-hydrogen) atoms. The Hall–Kier alpha value is -3.38. The van der Waals surface area contributed by atoms with E-state index in [1.54, 1.807) is 24.3 Å². The number of hydrogen-bond acceptors (Lipinski definition) is 4. The molecule has 3 aromatic rings. The van der Waals surface area contributed by atoms with E-state index in [0.29, 0.717) is 18.8 Å². The highest BCUT2D eigenvalue weighted by molar-refractivity contribution is 5.88. The largest absolute Gasteiger partial charge is 0.483 e. The molecule has 0 unspecified atom stereocenters. The van der Waals surface area contributed by atoms with Gasteiger partial charge in [-0.25, -0.2) is 4.79 Å². The Morgan fingerprint density at radius 3 is 2.32 bits per heavy atom. The first-order chi connectivity index (χ1) is 14.7. The Labute approximate surface area is 182 Å². The molecule has 6 heteroatoms. The summed E-state index contributed by atoms with van der Waals surface area (Å²) >= 11 is 0. The van der Waals surface area contributed by atoms with Crippen molar-refractivity contribution < 1.29 is 19.4 Å². The van der Waals surface area contributed by atoms with Crippen LogP contribution in [-0.4, -0.2) is 29.1 Å². The molecule has 0 aliphatic carbocycles. The average Bonchev–Trinajstić information content (AvgIpc) is 2.72. The smallest absolute Gasteiger partial charge is 0.335 e. The SMILES string of the molecule is CC(C)(C)NC(=O)COc1ccc2ccccc2c1CNCc1ccc(C(=O)O)cc1. The topological polar surface area (TPSA) is 87.7 Å². The molecule has 0 radical (unpaired) electrons. The predicted molar refractivity (Wildman–Crippen MR) is 121 cm³/mol. The van der Waals surface area contributed by atoms with E-state index in [9.17, 15) is 9.59 Å². The van der Waals surface area contributed by atoms with Crippen molar-refractivity contribution in [3.05, 3.63) is 77.4 Å². The summed E-state index contributed by atoms with van der Waals surface area (Å²) in [6.07, 6.45) is 0. The molecule has 0 atom stereocenters. The van der Waals surface area contributed by atoms with Gasteiger partial charge in [-0.1, -0.05) is 42.5 Å². The van der Waals surface area contributed by atoms with Gasteiger partial charge in [0.05, 0.1) is 5.56 Å². The number of hydrogen-bond donors (Lipinski definition) is 3. The van der Waals surface area contributed by atoms with Crippen LogP contribution in [-0.2, 0) is 17.9 Å². The molecule has 3 rings (SSSR count). The van der Waals surface area contributed by atoms with Crippen LogP contribution in [0.3, 0.4) is 0 Å². The molecule has 0 fully saturated rings. The normalized spacial score (nSPS) is 11.3. The third-order valence-electron chi connectivity index (χ3n) is 4.70. The second kappa shape index (κ2) is 9.62. The van der Waals surface area contributed by atoms with Gasteiger partial charge in [0.25, 0.3) is 5.91 Å². The predicted octanol–water partition coefficient (Wildman–Crippen LogP) is 4.12. The standard InChI is InChI=1S/C25H28N2O4/c1-25(2,3)27-23(28)16-31-22-13-12-18-6-4-5-7-20(18)21(22)15-26-14-17-8-10-19(11-9-17)24(29)30/h4-13,26H,14-16H2,1-3H3,(H,27,28)(H,29,30). The molecular weight excluding hydrogens is 392 g/mol. The van der Waals surface area contributed by atoms with Crippen LogP contribution in [0, 0.1) is 0 Å². The van der Waals surface area contributed by atoms with Crippen molar-refractivity contribution in [3.8, 4) is 5.75 Å². The fourth-order valence-corrected chi connectivity index (χ4v) is 3.33. The van der Waals surface area contributed by atoms with Gasteiger partial charge in [0.2, 0.25) is 0 Å². The zero-order valence-electron chi connectivity index (χ0n) is 18.1. The number of amides is 1. The monoisotopic (exact) mass is 420 g/mol. The molecule has 0 saturated heterocycles. The minimum atomic E-state index is -0.937. The number of carbonyl (C=O) groups excluding carboxylic acids is 1. The highest BCUT2D eigenvalue weighted by Crippen LogP contribution is 2.28. The number of carboxylic acid groups (broad SMARTS) is 1. The molecule has 0 heterocycles. The lowest BCUT2D eigenvalue weighted by Crippen LogP contribution is -2.43. The molecule has 0 bridgehead atoms. The van der Waals surface area contributed by atoms with Crippen LogP contribution in [0.4, 0.5) is 0 Å². The lowest BCUT2D eigenvalue weighted by atomic mass is 10.0. The molecule has 1 amide bonds. The van der Waals surface area contributed by atoms with Crippen molar-refractivity contribution >= 4 is 22.6 Å². The van der Waals surface area contributed by atoms with Crippen LogP contribution < -0.4 is 15.4 Å². The van der Waals surface area contributed by atoms with Crippen LogP contribution >= 0.6 is 0 Å². The van der Waals surface area contributed by atoms with Crippen molar-refractivity contribution in [2.75, 3.05) is 6.61 Å². The van der Waals surface area contributed by atoms with E-state index in [2.05, 4.69) is 10.6 Å². The fourth-order valence-electron chi connectivity index (χ4n) is 3.33. The van der Waals surface area contributed by atoms with Crippen molar-refractivity contribution in [2.24, 2.45) is 0 Å². The third-order valence-corrected chi connectivity index (χ3v) is 4.70. The molecule has 0 saturated carbocycles. The zero-order valence-corrected chi connectivity index (χ0v) is 18.1. The van der Waals surface area contributed by atoms with E-state index in [1.165, 1.54) is 0 Å². The number of fused-ring (bicyclic) bond motifs is 1. The van der Waals surface area contributed by atoms with Crippen molar-refractivity contribution in [1.82, 2.24) is 10.6 Å². The maximum absolute atomic E-state index is 12.2. The summed E-state index contributed by atoms with van der Waals surface area (Å²) in [5.74, 6) is -0.442. The van der Waals surface area contributed by atoms with E-state index in [-0.39, 0.29) is 23.6 Å². The number of aromatic carboxylic acids is 1. The van der Waals surface area contributed by atoms with Gasteiger partial charge >= 0.3 is 5.97 Å². The quantitative estimate of drug-likeness (QED) is 0.510. The Bertz CT molecular complexity index is 1070. The Morgan fingerprint density at radius 1 is 0.935 bits per heavy atom. The molecule has 0 aliphatic rings. The lowest BCUT2D eigenvalue weighted by molar-refractivity contribution is -0.124. The second-order valence-electron chi connectivity index (χ2n) is 8.46. The van der Waals surface area contributed by atoms with Gasteiger partial charge in [-0.3, -0.25) is 4.79 Å². The summed E-state index contributed by atoms with van der Waals surface area (Å²) < 4.78 is 5.88. The number of carboxylic acids is 1. The fraction of sp³-hybridized carbons (Fsp3) is 0.280. The third kappa shape index (κ3) is 6.30. The highest BCUT2D eigenvalue weighted by atomic mass is 16.5. The number of benzene rings is 3. The number of carbonyl (C=O) groups is 2. The summed E-state index contributed by atoms with van der Waals surface area (Å²) in [6, 6.07) is 18.7. The van der Waals surface area contributed by atoms with Gasteiger partial charge in [0.15, 0.2) is 6.61 Å². The van der Waals surface area contributed by atoms with Gasteiger partial charge in [0, 0.05) is 24.2 Å². The van der Waals surface area contributed by atoms with Crippen LogP contribution in [0.1, 0.15) is 42.3 Å². The number of rotatable bonds is 8. The van der Waals surface area contributed by atoms with Crippen molar-refractivity contribution in [3.63, 3.8) is 0 Å². The van der Waals surface area contributed by atoms with Crippen LogP contribution in [0.15, 0.2) is 60.7 Å². The van der Waals surface area contributed by atoms with E-state index in [1.807, 2.05) is 57.2 Å². The Kier molecular flexibility index (Phi) is 6.92. The Morgan fingerprint density at radius 2 is 1.65 bits per heavy atom. The molecule has 3 aromatic carbocycles. The Balaban J connectivity index is 1.73.